The first-order chi connectivity index (χ1) is 12.6. The first-order valence-electron chi connectivity index (χ1n) is 9.51. The highest BCUT2D eigenvalue weighted by molar-refractivity contribution is 5.91. The van der Waals surface area contributed by atoms with Crippen molar-refractivity contribution in [2.45, 2.75) is 26.8 Å². The molecular formula is C22H29N3O. The van der Waals surface area contributed by atoms with E-state index in [-0.39, 0.29) is 5.91 Å². The van der Waals surface area contributed by atoms with Gasteiger partial charge in [-0.05, 0) is 35.7 Å². The molecule has 0 aliphatic carbocycles. The summed E-state index contributed by atoms with van der Waals surface area (Å²) < 4.78 is 0. The maximum absolute atomic E-state index is 11.9. The standard InChI is InChI=1S/C22H29N3O/c1-18(2)16-22(26)23-20-8-10-21(11-9-20)25-14-12-24(13-15-25)17-19-6-4-3-5-7-19/h3-11,18H,12-17H2,1-2H3,(H,23,26). The number of carbonyl (C=O) groups is 1. The lowest BCUT2D eigenvalue weighted by molar-refractivity contribution is -0.116. The van der Waals surface area contributed by atoms with Crippen molar-refractivity contribution in [2.75, 3.05) is 36.4 Å². The van der Waals surface area contributed by atoms with Gasteiger partial charge < -0.3 is 10.2 Å². The quantitative estimate of drug-likeness (QED) is 0.855. The van der Waals surface area contributed by atoms with Crippen molar-refractivity contribution in [1.82, 2.24) is 4.90 Å². The summed E-state index contributed by atoms with van der Waals surface area (Å²) in [6, 6.07) is 18.9. The van der Waals surface area contributed by atoms with Crippen molar-refractivity contribution in [1.29, 1.82) is 0 Å². The van der Waals surface area contributed by atoms with E-state index in [1.165, 1.54) is 11.3 Å². The van der Waals surface area contributed by atoms with Crippen LogP contribution in [0.5, 0.6) is 0 Å². The third-order valence-corrected chi connectivity index (χ3v) is 4.73. The molecule has 2 aromatic rings. The lowest BCUT2D eigenvalue weighted by Crippen LogP contribution is -2.45. The van der Waals surface area contributed by atoms with Crippen molar-refractivity contribution in [3.8, 4) is 0 Å². The van der Waals surface area contributed by atoms with Gasteiger partial charge in [-0.2, -0.15) is 0 Å². The molecule has 0 aromatic heterocycles. The minimum Gasteiger partial charge on any atom is -0.369 e. The second kappa shape index (κ2) is 8.86. The van der Waals surface area contributed by atoms with Crippen molar-refractivity contribution < 1.29 is 4.79 Å². The molecular weight excluding hydrogens is 322 g/mol. The number of nitrogens with zero attached hydrogens (tertiary/aromatic N) is 2. The number of carbonyl (C=O) groups excluding carboxylic acids is 1. The SMILES string of the molecule is CC(C)CC(=O)Nc1ccc(N2CCN(Cc3ccccc3)CC2)cc1. The molecule has 0 bridgehead atoms. The summed E-state index contributed by atoms with van der Waals surface area (Å²) >= 11 is 0. The van der Waals surface area contributed by atoms with Gasteiger partial charge in [-0.25, -0.2) is 0 Å². The van der Waals surface area contributed by atoms with E-state index in [1.807, 2.05) is 12.1 Å². The summed E-state index contributed by atoms with van der Waals surface area (Å²) in [6.45, 7) is 9.34. The molecule has 138 valence electrons. The van der Waals surface area contributed by atoms with Crippen molar-refractivity contribution in [2.24, 2.45) is 5.92 Å². The molecule has 4 nitrogen and oxygen atoms in total. The topological polar surface area (TPSA) is 35.6 Å². The van der Waals surface area contributed by atoms with E-state index in [0.717, 1.165) is 38.4 Å². The molecule has 0 unspecified atom stereocenters. The summed E-state index contributed by atoms with van der Waals surface area (Å²) in [5.74, 6) is 0.462. The van der Waals surface area contributed by atoms with Gasteiger partial charge in [-0.15, -0.1) is 0 Å². The van der Waals surface area contributed by atoms with E-state index in [1.54, 1.807) is 0 Å². The van der Waals surface area contributed by atoms with E-state index in [4.69, 9.17) is 0 Å². The number of amides is 1. The number of hydrogen-bond donors (Lipinski definition) is 1. The number of benzene rings is 2. The van der Waals surface area contributed by atoms with Crippen LogP contribution in [-0.4, -0.2) is 37.0 Å². The molecule has 4 heteroatoms. The predicted octanol–water partition coefficient (Wildman–Crippen LogP) is 3.99. The number of anilines is 2. The molecule has 0 radical (unpaired) electrons. The zero-order valence-corrected chi connectivity index (χ0v) is 15.8. The fourth-order valence-corrected chi connectivity index (χ4v) is 3.34. The van der Waals surface area contributed by atoms with E-state index < -0.39 is 0 Å². The number of piperazine rings is 1. The first kappa shape index (κ1) is 18.5. The van der Waals surface area contributed by atoms with Crippen LogP contribution in [-0.2, 0) is 11.3 Å². The van der Waals surface area contributed by atoms with Crippen LogP contribution in [0.15, 0.2) is 54.6 Å². The van der Waals surface area contributed by atoms with Gasteiger partial charge in [0.1, 0.15) is 0 Å². The van der Waals surface area contributed by atoms with E-state index in [9.17, 15) is 4.79 Å². The Morgan fingerprint density at radius 3 is 2.23 bits per heavy atom. The summed E-state index contributed by atoms with van der Waals surface area (Å²) in [5, 5.41) is 2.97. The Hall–Kier alpha value is -2.33. The van der Waals surface area contributed by atoms with Gasteiger partial charge in [0.15, 0.2) is 0 Å². The van der Waals surface area contributed by atoms with Crippen LogP contribution < -0.4 is 10.2 Å². The minimum atomic E-state index is 0.0854. The zero-order chi connectivity index (χ0) is 18.4. The third kappa shape index (κ3) is 5.33. The van der Waals surface area contributed by atoms with Crippen LogP contribution in [0, 0.1) is 5.92 Å². The minimum absolute atomic E-state index is 0.0854. The first-order valence-corrected chi connectivity index (χ1v) is 9.51. The smallest absolute Gasteiger partial charge is 0.224 e. The molecule has 1 aliphatic rings. The molecule has 1 saturated heterocycles. The average Bonchev–Trinajstić information content (AvgIpc) is 2.63. The van der Waals surface area contributed by atoms with E-state index in [2.05, 4.69) is 71.4 Å². The fourth-order valence-electron chi connectivity index (χ4n) is 3.34. The van der Waals surface area contributed by atoms with Gasteiger partial charge in [0.2, 0.25) is 5.91 Å². The molecule has 0 saturated carbocycles. The molecule has 1 heterocycles. The second-order valence-electron chi connectivity index (χ2n) is 7.44. The molecule has 1 amide bonds. The zero-order valence-electron chi connectivity index (χ0n) is 15.8. The molecule has 3 rings (SSSR count). The van der Waals surface area contributed by atoms with Crippen LogP contribution in [0.4, 0.5) is 11.4 Å². The molecule has 1 fully saturated rings. The van der Waals surface area contributed by atoms with Crippen LogP contribution in [0.3, 0.4) is 0 Å². The highest BCUT2D eigenvalue weighted by Crippen LogP contribution is 2.20. The van der Waals surface area contributed by atoms with Gasteiger partial charge in [0.05, 0.1) is 0 Å². The van der Waals surface area contributed by atoms with Gasteiger partial charge in [0.25, 0.3) is 0 Å². The third-order valence-electron chi connectivity index (χ3n) is 4.73. The van der Waals surface area contributed by atoms with Gasteiger partial charge >= 0.3 is 0 Å². The largest absolute Gasteiger partial charge is 0.369 e. The Morgan fingerprint density at radius 2 is 1.62 bits per heavy atom. The molecule has 1 N–H and O–H groups in total. The molecule has 1 aliphatic heterocycles. The second-order valence-corrected chi connectivity index (χ2v) is 7.44. The molecule has 0 atom stereocenters. The monoisotopic (exact) mass is 351 g/mol. The maximum atomic E-state index is 11.9. The maximum Gasteiger partial charge on any atom is 0.224 e. The number of hydrogen-bond acceptors (Lipinski definition) is 3. The van der Waals surface area contributed by atoms with Gasteiger partial charge in [-0.1, -0.05) is 44.2 Å². The van der Waals surface area contributed by atoms with Crippen molar-refractivity contribution in [3.63, 3.8) is 0 Å². The van der Waals surface area contributed by atoms with Crippen LogP contribution in [0.1, 0.15) is 25.8 Å². The Balaban J connectivity index is 1.49. The van der Waals surface area contributed by atoms with Crippen LogP contribution in [0.2, 0.25) is 0 Å². The van der Waals surface area contributed by atoms with E-state index >= 15 is 0 Å². The lowest BCUT2D eigenvalue weighted by atomic mass is 10.1. The van der Waals surface area contributed by atoms with Crippen LogP contribution in [0.25, 0.3) is 0 Å². The van der Waals surface area contributed by atoms with Crippen LogP contribution >= 0.6 is 0 Å². The summed E-state index contributed by atoms with van der Waals surface area (Å²) in [7, 11) is 0. The van der Waals surface area contributed by atoms with Crippen molar-refractivity contribution in [3.05, 3.63) is 60.2 Å². The average molecular weight is 351 g/mol. The summed E-state index contributed by atoms with van der Waals surface area (Å²) in [6.07, 6.45) is 0.561. The highest BCUT2D eigenvalue weighted by atomic mass is 16.1. The Morgan fingerprint density at radius 1 is 0.962 bits per heavy atom. The fraction of sp³-hybridized carbons (Fsp3) is 0.409. The lowest BCUT2D eigenvalue weighted by Gasteiger charge is -2.36. The molecule has 2 aromatic carbocycles. The molecule has 26 heavy (non-hydrogen) atoms. The normalized spacial score (nSPS) is 15.3. The summed E-state index contributed by atoms with van der Waals surface area (Å²) in [5.41, 5.74) is 3.48. The number of nitrogens with one attached hydrogen (secondary N) is 1. The van der Waals surface area contributed by atoms with Gasteiger partial charge in [0, 0.05) is 50.5 Å². The van der Waals surface area contributed by atoms with Gasteiger partial charge in [-0.3, -0.25) is 9.69 Å². The highest BCUT2D eigenvalue weighted by Gasteiger charge is 2.17. The van der Waals surface area contributed by atoms with E-state index in [0.29, 0.717) is 12.3 Å². The number of rotatable bonds is 6. The van der Waals surface area contributed by atoms with Crippen molar-refractivity contribution >= 4 is 17.3 Å². The Kier molecular flexibility index (Phi) is 6.29. The predicted molar refractivity (Wildman–Crippen MR) is 108 cm³/mol. The molecule has 0 spiro atoms. The Bertz CT molecular complexity index is 689. The Labute approximate surface area is 156 Å². The summed E-state index contributed by atoms with van der Waals surface area (Å²) in [4.78, 5) is 16.8.